The number of carbonyl (C=O) groups excluding carboxylic acids is 1. The summed E-state index contributed by atoms with van der Waals surface area (Å²) in [5.41, 5.74) is -0.300. The van der Waals surface area contributed by atoms with Gasteiger partial charge in [0.15, 0.2) is 0 Å². The van der Waals surface area contributed by atoms with Gasteiger partial charge in [-0.25, -0.2) is 0 Å². The molecular weight excluding hydrogens is 240 g/mol. The van der Waals surface area contributed by atoms with Crippen LogP contribution in [0.25, 0.3) is 0 Å². The van der Waals surface area contributed by atoms with E-state index in [0.717, 1.165) is 58.7 Å². The fraction of sp³-hybridized carbons (Fsp3) is 0.929. The minimum Gasteiger partial charge on any atom is -0.339 e. The second-order valence-electron chi connectivity index (χ2n) is 6.30. The molecule has 1 N–H and O–H groups in total. The second kappa shape index (κ2) is 6.20. The Kier molecular flexibility index (Phi) is 4.81. The van der Waals surface area contributed by atoms with Crippen molar-refractivity contribution in [1.82, 2.24) is 20.0 Å². The Balaban J connectivity index is 1.78. The molecule has 5 heteroatoms. The topological polar surface area (TPSA) is 38.8 Å². The molecule has 0 aromatic carbocycles. The minimum atomic E-state index is -0.300. The predicted molar refractivity (Wildman–Crippen MR) is 77.2 cm³/mol. The van der Waals surface area contributed by atoms with Crippen LogP contribution in [-0.4, -0.2) is 86.1 Å². The third kappa shape index (κ3) is 3.68. The van der Waals surface area contributed by atoms with Crippen molar-refractivity contribution in [3.8, 4) is 0 Å². The first-order valence-electron chi connectivity index (χ1n) is 7.43. The van der Waals surface area contributed by atoms with Gasteiger partial charge in [-0.1, -0.05) is 0 Å². The number of hydrogen-bond donors (Lipinski definition) is 1. The summed E-state index contributed by atoms with van der Waals surface area (Å²) in [5.74, 6) is 0.303. The lowest BCUT2D eigenvalue weighted by Crippen LogP contribution is -2.58. The maximum atomic E-state index is 12.5. The summed E-state index contributed by atoms with van der Waals surface area (Å²) in [7, 11) is 4.21. The molecule has 0 aromatic heterocycles. The van der Waals surface area contributed by atoms with Gasteiger partial charge in [0.25, 0.3) is 0 Å². The van der Waals surface area contributed by atoms with E-state index in [1.807, 2.05) is 4.90 Å². The van der Waals surface area contributed by atoms with Crippen molar-refractivity contribution < 1.29 is 4.79 Å². The molecule has 2 aliphatic rings. The lowest BCUT2D eigenvalue weighted by molar-refractivity contribution is -0.139. The number of likely N-dealkylation sites (N-methyl/N-ethyl adjacent to an activating group) is 1. The fourth-order valence-electron chi connectivity index (χ4n) is 2.94. The van der Waals surface area contributed by atoms with Crippen LogP contribution in [0.1, 0.15) is 19.8 Å². The molecule has 0 radical (unpaired) electrons. The number of carbonyl (C=O) groups is 1. The van der Waals surface area contributed by atoms with Crippen LogP contribution < -0.4 is 5.32 Å². The van der Waals surface area contributed by atoms with Crippen LogP contribution in [0.4, 0.5) is 0 Å². The number of nitrogens with zero attached hydrogens (tertiary/aromatic N) is 3. The molecule has 5 nitrogen and oxygen atoms in total. The van der Waals surface area contributed by atoms with Gasteiger partial charge in [0.1, 0.15) is 0 Å². The number of hydrogen-bond acceptors (Lipinski definition) is 4. The molecule has 19 heavy (non-hydrogen) atoms. The van der Waals surface area contributed by atoms with Crippen LogP contribution in [0.3, 0.4) is 0 Å². The smallest absolute Gasteiger partial charge is 0.242 e. The van der Waals surface area contributed by atoms with Crippen molar-refractivity contribution in [2.45, 2.75) is 25.3 Å². The van der Waals surface area contributed by atoms with E-state index in [0.29, 0.717) is 5.91 Å². The molecule has 2 aliphatic heterocycles. The van der Waals surface area contributed by atoms with E-state index < -0.39 is 0 Å². The summed E-state index contributed by atoms with van der Waals surface area (Å²) < 4.78 is 0. The molecule has 2 fully saturated rings. The quantitative estimate of drug-likeness (QED) is 0.769. The van der Waals surface area contributed by atoms with Gasteiger partial charge in [-0.2, -0.15) is 0 Å². The Hall–Kier alpha value is -0.650. The molecule has 0 spiro atoms. The van der Waals surface area contributed by atoms with Gasteiger partial charge in [-0.3, -0.25) is 9.69 Å². The van der Waals surface area contributed by atoms with E-state index in [-0.39, 0.29) is 5.54 Å². The van der Waals surface area contributed by atoms with Gasteiger partial charge in [0.2, 0.25) is 5.91 Å². The molecule has 2 saturated heterocycles. The van der Waals surface area contributed by atoms with Gasteiger partial charge >= 0.3 is 0 Å². The predicted octanol–water partition coefficient (Wildman–Crippen LogP) is -0.166. The van der Waals surface area contributed by atoms with Gasteiger partial charge in [-0.15, -0.1) is 0 Å². The number of rotatable bonds is 4. The first kappa shape index (κ1) is 14.8. The summed E-state index contributed by atoms with van der Waals surface area (Å²) in [6, 6.07) is 0. The Labute approximate surface area is 116 Å². The van der Waals surface area contributed by atoms with Crippen molar-refractivity contribution in [3.63, 3.8) is 0 Å². The van der Waals surface area contributed by atoms with E-state index in [2.05, 4.69) is 36.1 Å². The van der Waals surface area contributed by atoms with E-state index in [1.165, 1.54) is 0 Å². The Bertz CT molecular complexity index is 305. The van der Waals surface area contributed by atoms with Crippen LogP contribution in [0.5, 0.6) is 0 Å². The summed E-state index contributed by atoms with van der Waals surface area (Å²) in [5, 5.41) is 3.37. The molecule has 1 unspecified atom stereocenters. The molecule has 2 heterocycles. The average molecular weight is 268 g/mol. The molecule has 0 aromatic rings. The third-order valence-corrected chi connectivity index (χ3v) is 4.36. The second-order valence-corrected chi connectivity index (χ2v) is 6.30. The monoisotopic (exact) mass is 268 g/mol. The van der Waals surface area contributed by atoms with Crippen LogP contribution >= 0.6 is 0 Å². The average Bonchev–Trinajstić information content (AvgIpc) is 2.84. The van der Waals surface area contributed by atoms with Crippen molar-refractivity contribution >= 4 is 5.91 Å². The fourth-order valence-corrected chi connectivity index (χ4v) is 2.94. The van der Waals surface area contributed by atoms with Crippen molar-refractivity contribution in [2.24, 2.45) is 0 Å². The largest absolute Gasteiger partial charge is 0.339 e. The zero-order valence-corrected chi connectivity index (χ0v) is 12.6. The molecule has 1 atom stereocenters. The highest BCUT2D eigenvalue weighted by Crippen LogP contribution is 2.21. The first-order valence-corrected chi connectivity index (χ1v) is 7.43. The number of nitrogens with one attached hydrogen (secondary N) is 1. The van der Waals surface area contributed by atoms with Crippen LogP contribution in [0.2, 0.25) is 0 Å². The zero-order chi connectivity index (χ0) is 13.9. The van der Waals surface area contributed by atoms with E-state index in [1.54, 1.807) is 0 Å². The van der Waals surface area contributed by atoms with Gasteiger partial charge in [0, 0.05) is 39.3 Å². The highest BCUT2D eigenvalue weighted by atomic mass is 16.2. The number of piperazine rings is 1. The molecule has 0 bridgehead atoms. The van der Waals surface area contributed by atoms with Crippen molar-refractivity contribution in [2.75, 3.05) is 59.9 Å². The van der Waals surface area contributed by atoms with Crippen molar-refractivity contribution in [3.05, 3.63) is 0 Å². The van der Waals surface area contributed by atoms with Crippen molar-refractivity contribution in [1.29, 1.82) is 0 Å². The lowest BCUT2D eigenvalue weighted by Gasteiger charge is -2.38. The summed E-state index contributed by atoms with van der Waals surface area (Å²) in [6.07, 6.45) is 2.09. The highest BCUT2D eigenvalue weighted by Gasteiger charge is 2.39. The van der Waals surface area contributed by atoms with Crippen LogP contribution in [0, 0.1) is 0 Å². The van der Waals surface area contributed by atoms with E-state index in [4.69, 9.17) is 0 Å². The van der Waals surface area contributed by atoms with Gasteiger partial charge < -0.3 is 15.1 Å². The zero-order valence-electron chi connectivity index (χ0n) is 12.6. The Morgan fingerprint density at radius 3 is 2.47 bits per heavy atom. The Morgan fingerprint density at radius 1 is 1.26 bits per heavy atom. The Morgan fingerprint density at radius 2 is 1.95 bits per heavy atom. The van der Waals surface area contributed by atoms with Crippen LogP contribution in [0.15, 0.2) is 0 Å². The first-order chi connectivity index (χ1) is 9.01. The SMILES string of the molecule is CN(C)CCN1CCN(C(=O)C2(C)CCCN2)CC1. The van der Waals surface area contributed by atoms with E-state index in [9.17, 15) is 4.79 Å². The summed E-state index contributed by atoms with van der Waals surface area (Å²) in [6.45, 7) is 9.00. The lowest BCUT2D eigenvalue weighted by atomic mass is 9.98. The molecule has 0 saturated carbocycles. The normalized spacial score (nSPS) is 29.2. The molecule has 1 amide bonds. The minimum absolute atomic E-state index is 0.300. The molecular formula is C14H28N4O. The molecule has 2 rings (SSSR count). The molecule has 0 aliphatic carbocycles. The van der Waals surface area contributed by atoms with Gasteiger partial charge in [0.05, 0.1) is 5.54 Å². The van der Waals surface area contributed by atoms with E-state index >= 15 is 0 Å². The third-order valence-electron chi connectivity index (χ3n) is 4.36. The molecule has 110 valence electrons. The maximum absolute atomic E-state index is 12.5. The van der Waals surface area contributed by atoms with Crippen LogP contribution in [-0.2, 0) is 4.79 Å². The summed E-state index contributed by atoms with van der Waals surface area (Å²) >= 11 is 0. The summed E-state index contributed by atoms with van der Waals surface area (Å²) in [4.78, 5) is 19.2. The van der Waals surface area contributed by atoms with Gasteiger partial charge in [-0.05, 0) is 40.4 Å². The number of amides is 1. The maximum Gasteiger partial charge on any atom is 0.242 e. The highest BCUT2D eigenvalue weighted by molar-refractivity contribution is 5.86. The standard InChI is InChI=1S/C14H28N4O/c1-14(5-4-6-15-14)13(19)18-11-9-17(10-12-18)8-7-16(2)3/h15H,4-12H2,1-3H3.